The van der Waals surface area contributed by atoms with Crippen LogP contribution in [0.4, 0.5) is 0 Å². The minimum absolute atomic E-state index is 0.0963. The van der Waals surface area contributed by atoms with Gasteiger partial charge in [-0.15, -0.1) is 0 Å². The zero-order chi connectivity index (χ0) is 14.9. The van der Waals surface area contributed by atoms with Crippen LogP contribution in [0.15, 0.2) is 6.07 Å². The average molecular weight is 300 g/mol. The molecule has 20 heavy (non-hydrogen) atoms. The monoisotopic (exact) mass is 299 g/mol. The smallest absolute Gasteiger partial charge is 0.305 e. The largest absolute Gasteiger partial charge is 0.486 e. The predicted molar refractivity (Wildman–Crippen MR) is 75.7 cm³/mol. The highest BCUT2D eigenvalue weighted by molar-refractivity contribution is 6.31. The van der Waals surface area contributed by atoms with Crippen LogP contribution in [0.25, 0.3) is 0 Å². The minimum Gasteiger partial charge on any atom is -0.486 e. The molecule has 5 nitrogen and oxygen atoms in total. The van der Waals surface area contributed by atoms with Crippen molar-refractivity contribution in [2.75, 3.05) is 13.2 Å². The third-order valence-corrected chi connectivity index (χ3v) is 3.52. The molecular formula is C14H18ClNO4. The number of carboxylic acid groups (broad SMARTS) is 1. The molecule has 0 amide bonds. The SMILES string of the molecule is CC(C)c1c2c(cc(Cl)c1C(N)CC(=O)O)OCCO2. The molecule has 1 aromatic carbocycles. The molecule has 0 spiro atoms. The second kappa shape index (κ2) is 5.89. The Kier molecular flexibility index (Phi) is 4.40. The first kappa shape index (κ1) is 14.9. The molecule has 1 aromatic rings. The summed E-state index contributed by atoms with van der Waals surface area (Å²) in [5, 5.41) is 9.35. The highest BCUT2D eigenvalue weighted by Crippen LogP contribution is 2.45. The van der Waals surface area contributed by atoms with Crippen molar-refractivity contribution in [3.63, 3.8) is 0 Å². The molecule has 110 valence electrons. The lowest BCUT2D eigenvalue weighted by molar-refractivity contribution is -0.137. The number of fused-ring (bicyclic) bond motifs is 1. The third-order valence-electron chi connectivity index (χ3n) is 3.20. The second-order valence-electron chi connectivity index (χ2n) is 5.07. The molecule has 0 aliphatic carbocycles. The third kappa shape index (κ3) is 2.83. The molecule has 0 bridgehead atoms. The van der Waals surface area contributed by atoms with E-state index in [-0.39, 0.29) is 12.3 Å². The number of benzene rings is 1. The summed E-state index contributed by atoms with van der Waals surface area (Å²) in [5.41, 5.74) is 7.47. The maximum absolute atomic E-state index is 10.9. The van der Waals surface area contributed by atoms with Crippen LogP contribution in [0.1, 0.15) is 43.4 Å². The molecule has 1 aliphatic heterocycles. The number of rotatable bonds is 4. The number of hydrogen-bond donors (Lipinski definition) is 2. The van der Waals surface area contributed by atoms with Gasteiger partial charge in [0.25, 0.3) is 0 Å². The van der Waals surface area contributed by atoms with Gasteiger partial charge >= 0.3 is 5.97 Å². The van der Waals surface area contributed by atoms with Crippen LogP contribution in [-0.4, -0.2) is 24.3 Å². The highest BCUT2D eigenvalue weighted by Gasteiger charge is 2.27. The van der Waals surface area contributed by atoms with E-state index in [9.17, 15) is 4.79 Å². The Balaban J connectivity index is 2.57. The molecular weight excluding hydrogens is 282 g/mol. The number of carboxylic acids is 1. The van der Waals surface area contributed by atoms with Crippen LogP contribution in [0.2, 0.25) is 5.02 Å². The molecule has 3 N–H and O–H groups in total. The maximum atomic E-state index is 10.9. The summed E-state index contributed by atoms with van der Waals surface area (Å²) >= 11 is 6.28. The number of hydrogen-bond acceptors (Lipinski definition) is 4. The van der Waals surface area contributed by atoms with Crippen molar-refractivity contribution in [2.45, 2.75) is 32.2 Å². The Morgan fingerprint density at radius 1 is 1.40 bits per heavy atom. The van der Waals surface area contributed by atoms with E-state index in [2.05, 4.69) is 0 Å². The predicted octanol–water partition coefficient (Wildman–Crippen LogP) is 2.71. The van der Waals surface area contributed by atoms with Gasteiger partial charge in [-0.05, 0) is 11.5 Å². The van der Waals surface area contributed by atoms with E-state index < -0.39 is 12.0 Å². The maximum Gasteiger partial charge on any atom is 0.305 e. The van der Waals surface area contributed by atoms with E-state index in [1.165, 1.54) is 0 Å². The van der Waals surface area contributed by atoms with Crippen LogP contribution in [0.3, 0.4) is 0 Å². The van der Waals surface area contributed by atoms with Crippen molar-refractivity contribution in [1.82, 2.24) is 0 Å². The summed E-state index contributed by atoms with van der Waals surface area (Å²) in [4.78, 5) is 10.9. The summed E-state index contributed by atoms with van der Waals surface area (Å²) in [7, 11) is 0. The lowest BCUT2D eigenvalue weighted by Crippen LogP contribution is -2.22. The Labute approximate surface area is 122 Å². The first-order valence-corrected chi connectivity index (χ1v) is 6.88. The van der Waals surface area contributed by atoms with Gasteiger partial charge in [-0.25, -0.2) is 0 Å². The van der Waals surface area contributed by atoms with Gasteiger partial charge in [0, 0.05) is 22.7 Å². The van der Waals surface area contributed by atoms with Crippen molar-refractivity contribution in [3.8, 4) is 11.5 Å². The highest BCUT2D eigenvalue weighted by atomic mass is 35.5. The summed E-state index contributed by atoms with van der Waals surface area (Å²) in [6.45, 7) is 4.91. The lowest BCUT2D eigenvalue weighted by atomic mass is 9.90. The van der Waals surface area contributed by atoms with Crippen molar-refractivity contribution < 1.29 is 19.4 Å². The van der Waals surface area contributed by atoms with E-state index in [4.69, 9.17) is 31.9 Å². The number of ether oxygens (including phenoxy) is 2. The van der Waals surface area contributed by atoms with Gasteiger partial charge in [-0.3, -0.25) is 4.79 Å². The zero-order valence-corrected chi connectivity index (χ0v) is 12.2. The van der Waals surface area contributed by atoms with Gasteiger partial charge < -0.3 is 20.3 Å². The summed E-state index contributed by atoms with van der Waals surface area (Å²) in [6, 6.07) is 0.979. The van der Waals surface area contributed by atoms with Crippen LogP contribution in [0, 0.1) is 0 Å². The summed E-state index contributed by atoms with van der Waals surface area (Å²) < 4.78 is 11.2. The zero-order valence-electron chi connectivity index (χ0n) is 11.5. The van der Waals surface area contributed by atoms with Crippen molar-refractivity contribution in [3.05, 3.63) is 22.2 Å². The van der Waals surface area contributed by atoms with Crippen molar-refractivity contribution >= 4 is 17.6 Å². The van der Waals surface area contributed by atoms with E-state index in [1.54, 1.807) is 6.07 Å². The quantitative estimate of drug-likeness (QED) is 0.893. The first-order valence-electron chi connectivity index (χ1n) is 6.51. The van der Waals surface area contributed by atoms with E-state index in [0.717, 1.165) is 5.56 Å². The Bertz CT molecular complexity index is 530. The van der Waals surface area contributed by atoms with Crippen LogP contribution in [0.5, 0.6) is 11.5 Å². The van der Waals surface area contributed by atoms with Crippen molar-refractivity contribution in [1.29, 1.82) is 0 Å². The van der Waals surface area contributed by atoms with Crippen LogP contribution < -0.4 is 15.2 Å². The van der Waals surface area contributed by atoms with Gasteiger partial charge in [0.05, 0.1) is 6.42 Å². The number of halogens is 1. The molecule has 1 heterocycles. The minimum atomic E-state index is -0.960. The first-order chi connectivity index (χ1) is 9.41. The molecule has 2 rings (SSSR count). The molecule has 0 saturated heterocycles. The fourth-order valence-corrected chi connectivity index (χ4v) is 2.77. The molecule has 0 radical (unpaired) electrons. The fraction of sp³-hybridized carbons (Fsp3) is 0.500. The molecule has 1 aliphatic rings. The molecule has 0 aromatic heterocycles. The normalized spacial score (nSPS) is 15.2. The summed E-state index contributed by atoms with van der Waals surface area (Å²) in [5.74, 6) is 0.361. The Morgan fingerprint density at radius 2 is 2.05 bits per heavy atom. The van der Waals surface area contributed by atoms with Gasteiger partial charge in [-0.1, -0.05) is 25.4 Å². The molecule has 1 unspecified atom stereocenters. The van der Waals surface area contributed by atoms with E-state index >= 15 is 0 Å². The number of carbonyl (C=O) groups is 1. The molecule has 1 atom stereocenters. The summed E-state index contributed by atoms with van der Waals surface area (Å²) in [6.07, 6.45) is -0.181. The molecule has 0 fully saturated rings. The topological polar surface area (TPSA) is 81.8 Å². The van der Waals surface area contributed by atoms with E-state index in [0.29, 0.717) is 35.3 Å². The standard InChI is InChI=1S/C14H18ClNO4/c1-7(2)12-13(9(16)6-11(17)18)8(15)5-10-14(12)20-4-3-19-10/h5,7,9H,3-4,6,16H2,1-2H3,(H,17,18). The Hall–Kier alpha value is -1.46. The van der Waals surface area contributed by atoms with E-state index in [1.807, 2.05) is 13.8 Å². The Morgan fingerprint density at radius 3 is 2.65 bits per heavy atom. The van der Waals surface area contributed by atoms with Crippen molar-refractivity contribution in [2.24, 2.45) is 5.73 Å². The fourth-order valence-electron chi connectivity index (χ4n) is 2.43. The number of nitrogens with two attached hydrogens (primary N) is 1. The van der Waals surface area contributed by atoms with Crippen LogP contribution >= 0.6 is 11.6 Å². The van der Waals surface area contributed by atoms with Crippen LogP contribution in [-0.2, 0) is 4.79 Å². The van der Waals surface area contributed by atoms with Gasteiger partial charge in [0.15, 0.2) is 11.5 Å². The molecule has 0 saturated carbocycles. The van der Waals surface area contributed by atoms with Gasteiger partial charge in [0.2, 0.25) is 0 Å². The molecule has 6 heteroatoms. The lowest BCUT2D eigenvalue weighted by Gasteiger charge is -2.27. The van der Waals surface area contributed by atoms with Gasteiger partial charge in [0.1, 0.15) is 13.2 Å². The average Bonchev–Trinajstić information content (AvgIpc) is 2.35. The second-order valence-corrected chi connectivity index (χ2v) is 5.48. The number of aliphatic carboxylic acids is 1. The van der Waals surface area contributed by atoms with Gasteiger partial charge in [-0.2, -0.15) is 0 Å².